The fourth-order valence-corrected chi connectivity index (χ4v) is 2.56. The molecule has 1 unspecified atom stereocenters. The smallest absolute Gasteiger partial charge is 0.332 e. The summed E-state index contributed by atoms with van der Waals surface area (Å²) in [5.41, 5.74) is -0.117. The number of rotatable bonds is 4. The van der Waals surface area contributed by atoms with Crippen molar-refractivity contribution in [2.24, 2.45) is 0 Å². The highest BCUT2D eigenvalue weighted by Gasteiger charge is 2.36. The van der Waals surface area contributed by atoms with Crippen molar-refractivity contribution in [3.05, 3.63) is 0 Å². The lowest BCUT2D eigenvalue weighted by atomic mass is 10.1. The summed E-state index contributed by atoms with van der Waals surface area (Å²) in [7, 11) is 0. The Morgan fingerprint density at radius 2 is 1.95 bits per heavy atom. The molecule has 0 aromatic heterocycles. The van der Waals surface area contributed by atoms with Crippen molar-refractivity contribution in [3.63, 3.8) is 0 Å². The van der Waals surface area contributed by atoms with Crippen molar-refractivity contribution in [3.8, 4) is 0 Å². The molecule has 6 heteroatoms. The molecule has 0 aliphatic carbocycles. The lowest BCUT2D eigenvalue weighted by Crippen LogP contribution is -2.40. The van der Waals surface area contributed by atoms with Gasteiger partial charge < -0.3 is 19.9 Å². The van der Waals surface area contributed by atoms with Crippen molar-refractivity contribution in [1.29, 1.82) is 0 Å². The van der Waals surface area contributed by atoms with E-state index in [2.05, 4.69) is 5.32 Å². The highest BCUT2D eigenvalue weighted by atomic mass is 16.5. The van der Waals surface area contributed by atoms with Gasteiger partial charge >= 0.3 is 5.97 Å². The van der Waals surface area contributed by atoms with Gasteiger partial charge in [-0.25, -0.2) is 4.79 Å². The number of ether oxygens (including phenoxy) is 2. The van der Waals surface area contributed by atoms with Crippen molar-refractivity contribution in [2.75, 3.05) is 6.54 Å². The largest absolute Gasteiger partial charge is 0.479 e. The Kier molecular flexibility index (Phi) is 4.10. The van der Waals surface area contributed by atoms with Gasteiger partial charge in [-0.15, -0.1) is 0 Å². The zero-order chi connectivity index (χ0) is 14.0. The quantitative estimate of drug-likeness (QED) is 0.786. The molecule has 0 bridgehead atoms. The fourth-order valence-electron chi connectivity index (χ4n) is 2.56. The van der Waals surface area contributed by atoms with Crippen LogP contribution in [-0.4, -0.2) is 47.4 Å². The molecule has 0 aromatic carbocycles. The summed E-state index contributed by atoms with van der Waals surface area (Å²) < 4.78 is 11.0. The molecule has 2 rings (SSSR count). The van der Waals surface area contributed by atoms with E-state index in [1.54, 1.807) is 0 Å². The molecule has 0 aromatic rings. The van der Waals surface area contributed by atoms with E-state index < -0.39 is 18.2 Å². The highest BCUT2D eigenvalue weighted by Crippen LogP contribution is 2.29. The van der Waals surface area contributed by atoms with E-state index >= 15 is 0 Å². The Morgan fingerprint density at radius 3 is 2.47 bits per heavy atom. The minimum atomic E-state index is -1.00. The van der Waals surface area contributed by atoms with Crippen LogP contribution in [0.4, 0.5) is 0 Å². The van der Waals surface area contributed by atoms with Gasteiger partial charge in [0.05, 0.1) is 11.7 Å². The van der Waals surface area contributed by atoms with Crippen LogP contribution in [0, 0.1) is 0 Å². The van der Waals surface area contributed by atoms with Crippen LogP contribution in [0.1, 0.15) is 39.5 Å². The molecule has 2 heterocycles. The number of aliphatic carboxylic acids is 1. The van der Waals surface area contributed by atoms with Crippen molar-refractivity contribution < 1.29 is 24.2 Å². The van der Waals surface area contributed by atoms with Crippen molar-refractivity contribution in [1.82, 2.24) is 5.32 Å². The van der Waals surface area contributed by atoms with E-state index in [0.29, 0.717) is 19.4 Å². The zero-order valence-corrected chi connectivity index (χ0v) is 11.3. The molecule has 0 radical (unpaired) electrons. The average molecular weight is 271 g/mol. The number of amides is 1. The second-order valence-electron chi connectivity index (χ2n) is 5.81. The third kappa shape index (κ3) is 3.67. The Balaban J connectivity index is 1.72. The number of hydrogen-bond acceptors (Lipinski definition) is 4. The van der Waals surface area contributed by atoms with E-state index in [-0.39, 0.29) is 17.6 Å². The SMILES string of the molecule is CC1(C)CCC(CNC(=O)[C@@H]2CC[C@H](C(=O)O)O2)O1. The van der Waals surface area contributed by atoms with Crippen LogP contribution in [-0.2, 0) is 19.1 Å². The molecule has 2 saturated heterocycles. The summed E-state index contributed by atoms with van der Waals surface area (Å²) in [6, 6.07) is 0. The van der Waals surface area contributed by atoms with Gasteiger partial charge in [0.15, 0.2) is 6.10 Å². The van der Waals surface area contributed by atoms with Gasteiger partial charge in [-0.2, -0.15) is 0 Å². The van der Waals surface area contributed by atoms with Crippen LogP contribution in [0.3, 0.4) is 0 Å². The molecular weight excluding hydrogens is 250 g/mol. The number of carboxylic acid groups (broad SMARTS) is 1. The number of carbonyl (C=O) groups excluding carboxylic acids is 1. The number of hydrogen-bond donors (Lipinski definition) is 2. The maximum atomic E-state index is 11.8. The molecule has 2 fully saturated rings. The van der Waals surface area contributed by atoms with Gasteiger partial charge in [0.25, 0.3) is 0 Å². The third-order valence-corrected chi connectivity index (χ3v) is 3.65. The van der Waals surface area contributed by atoms with Crippen LogP contribution in [0.5, 0.6) is 0 Å². The van der Waals surface area contributed by atoms with Crippen molar-refractivity contribution >= 4 is 11.9 Å². The van der Waals surface area contributed by atoms with Gasteiger partial charge in [-0.3, -0.25) is 4.79 Å². The molecule has 2 aliphatic heterocycles. The van der Waals surface area contributed by atoms with E-state index in [9.17, 15) is 9.59 Å². The molecule has 108 valence electrons. The van der Waals surface area contributed by atoms with Crippen LogP contribution in [0.2, 0.25) is 0 Å². The summed E-state index contributed by atoms with van der Waals surface area (Å²) in [4.78, 5) is 22.6. The van der Waals surface area contributed by atoms with Gasteiger partial charge in [0.2, 0.25) is 5.91 Å². The highest BCUT2D eigenvalue weighted by molar-refractivity contribution is 5.82. The predicted molar refractivity (Wildman–Crippen MR) is 66.7 cm³/mol. The molecular formula is C13H21NO5. The van der Waals surface area contributed by atoms with E-state index in [1.807, 2.05) is 13.8 Å². The van der Waals surface area contributed by atoms with Crippen LogP contribution in [0.25, 0.3) is 0 Å². The number of nitrogens with one attached hydrogen (secondary N) is 1. The Hall–Kier alpha value is -1.14. The first-order valence-electron chi connectivity index (χ1n) is 6.71. The molecule has 2 N–H and O–H groups in total. The topological polar surface area (TPSA) is 84.9 Å². The van der Waals surface area contributed by atoms with E-state index in [1.165, 1.54) is 0 Å². The Labute approximate surface area is 112 Å². The maximum absolute atomic E-state index is 11.8. The standard InChI is InChI=1S/C13H21NO5/c1-13(2)6-5-8(19-13)7-14-11(15)9-3-4-10(18-9)12(16)17/h8-10H,3-7H2,1-2H3,(H,14,15)(H,16,17)/t8?,9-,10+/m0/s1. The molecule has 19 heavy (non-hydrogen) atoms. The Morgan fingerprint density at radius 1 is 1.26 bits per heavy atom. The van der Waals surface area contributed by atoms with Crippen LogP contribution < -0.4 is 5.32 Å². The lowest BCUT2D eigenvalue weighted by molar-refractivity contribution is -0.152. The van der Waals surface area contributed by atoms with E-state index in [0.717, 1.165) is 12.8 Å². The number of carbonyl (C=O) groups is 2. The predicted octanol–water partition coefficient (Wildman–Crippen LogP) is 0.692. The second kappa shape index (κ2) is 5.46. The summed E-state index contributed by atoms with van der Waals surface area (Å²) >= 11 is 0. The van der Waals surface area contributed by atoms with Gasteiger partial charge in [0.1, 0.15) is 6.10 Å². The van der Waals surface area contributed by atoms with Crippen molar-refractivity contribution in [2.45, 2.75) is 63.4 Å². The first-order chi connectivity index (χ1) is 8.87. The summed E-state index contributed by atoms with van der Waals surface area (Å²) in [5, 5.41) is 11.6. The zero-order valence-electron chi connectivity index (χ0n) is 11.3. The average Bonchev–Trinajstić information content (AvgIpc) is 2.92. The maximum Gasteiger partial charge on any atom is 0.332 e. The minimum Gasteiger partial charge on any atom is -0.479 e. The molecule has 2 aliphatic rings. The molecule has 0 saturated carbocycles. The Bertz CT molecular complexity index is 368. The monoisotopic (exact) mass is 271 g/mol. The molecule has 3 atom stereocenters. The molecule has 1 amide bonds. The first kappa shape index (κ1) is 14.3. The van der Waals surface area contributed by atoms with Gasteiger partial charge in [-0.05, 0) is 39.5 Å². The fraction of sp³-hybridized carbons (Fsp3) is 0.846. The van der Waals surface area contributed by atoms with E-state index in [4.69, 9.17) is 14.6 Å². The lowest BCUT2D eigenvalue weighted by Gasteiger charge is -2.20. The summed E-state index contributed by atoms with van der Waals surface area (Å²) in [6.07, 6.45) is 1.30. The second-order valence-corrected chi connectivity index (χ2v) is 5.81. The molecule has 6 nitrogen and oxygen atoms in total. The summed E-state index contributed by atoms with van der Waals surface area (Å²) in [5.74, 6) is -1.24. The van der Waals surface area contributed by atoms with Crippen LogP contribution in [0.15, 0.2) is 0 Å². The summed E-state index contributed by atoms with van der Waals surface area (Å²) in [6.45, 7) is 4.53. The minimum absolute atomic E-state index is 0.0376. The van der Waals surface area contributed by atoms with Gasteiger partial charge in [0, 0.05) is 6.54 Å². The molecule has 0 spiro atoms. The first-order valence-corrected chi connectivity index (χ1v) is 6.71. The third-order valence-electron chi connectivity index (χ3n) is 3.65. The number of carboxylic acids is 1. The van der Waals surface area contributed by atoms with Gasteiger partial charge in [-0.1, -0.05) is 0 Å². The normalized spacial score (nSPS) is 33.3. The van der Waals surface area contributed by atoms with Crippen LogP contribution >= 0.6 is 0 Å².